The predicted molar refractivity (Wildman–Crippen MR) is 112 cm³/mol. The van der Waals surface area contributed by atoms with E-state index in [-0.39, 0.29) is 11.2 Å². The van der Waals surface area contributed by atoms with Gasteiger partial charge in [-0.15, -0.1) is 9.78 Å². The monoisotopic (exact) mass is 412 g/mol. The first-order valence-corrected chi connectivity index (χ1v) is 9.86. The van der Waals surface area contributed by atoms with E-state index in [4.69, 9.17) is 4.74 Å². The number of nitrogens with one attached hydrogen (secondary N) is 1. The van der Waals surface area contributed by atoms with E-state index in [1.54, 1.807) is 32.9 Å². The number of benzene rings is 1. The second-order valence-electron chi connectivity index (χ2n) is 9.31. The highest BCUT2D eigenvalue weighted by Gasteiger charge is 2.36. The van der Waals surface area contributed by atoms with Gasteiger partial charge in [0.05, 0.1) is 11.4 Å². The Labute approximate surface area is 173 Å². The summed E-state index contributed by atoms with van der Waals surface area (Å²) in [6, 6.07) is 8.13. The molecule has 158 valence electrons. The lowest BCUT2D eigenvalue weighted by molar-refractivity contribution is 0.0508. The maximum atomic E-state index is 13.3. The number of fused-ring (bicyclic) bond motifs is 3. The third-order valence-corrected chi connectivity index (χ3v) is 5.10. The minimum absolute atomic E-state index is 0.313. The van der Waals surface area contributed by atoms with Crippen molar-refractivity contribution < 1.29 is 13.9 Å². The molecule has 2 aromatic heterocycles. The Kier molecular flexibility index (Phi) is 4.48. The van der Waals surface area contributed by atoms with Crippen LogP contribution in [-0.4, -0.2) is 32.4 Å². The van der Waals surface area contributed by atoms with E-state index in [0.29, 0.717) is 18.6 Å². The number of aromatic nitrogens is 3. The summed E-state index contributed by atoms with van der Waals surface area (Å²) in [5.41, 5.74) is 1.98. The highest BCUT2D eigenvalue weighted by atomic mass is 19.1. The summed E-state index contributed by atoms with van der Waals surface area (Å²) in [6.07, 6.45) is -0.384. The molecule has 0 amide bonds. The summed E-state index contributed by atoms with van der Waals surface area (Å²) in [5, 5.41) is 7.69. The first-order valence-electron chi connectivity index (χ1n) is 9.86. The molecule has 1 N–H and O–H groups in total. The topological polar surface area (TPSA) is 77.6 Å². The van der Waals surface area contributed by atoms with Crippen molar-refractivity contribution in [1.29, 1.82) is 0 Å². The van der Waals surface area contributed by atoms with Gasteiger partial charge in [-0.3, -0.25) is 0 Å². The van der Waals surface area contributed by atoms with Gasteiger partial charge in [0.2, 0.25) is 0 Å². The smallest absolute Gasteiger partial charge is 0.439 e. The van der Waals surface area contributed by atoms with Gasteiger partial charge in [-0.1, -0.05) is 26.0 Å². The number of carbonyl (C=O) groups is 1. The summed E-state index contributed by atoms with van der Waals surface area (Å²) in [4.78, 5) is 25.9. The Morgan fingerprint density at radius 2 is 1.93 bits per heavy atom. The van der Waals surface area contributed by atoms with Crippen LogP contribution in [-0.2, 0) is 16.6 Å². The number of ether oxygens (including phenoxy) is 1. The quantitative estimate of drug-likeness (QED) is 0.694. The molecule has 0 saturated heterocycles. The largest absolute Gasteiger partial charge is 0.442 e. The molecule has 0 aliphatic carbocycles. The molecule has 30 heavy (non-hydrogen) atoms. The molecule has 1 aliphatic heterocycles. The summed E-state index contributed by atoms with van der Waals surface area (Å²) < 4.78 is 20.9. The maximum absolute atomic E-state index is 13.3. The summed E-state index contributed by atoms with van der Waals surface area (Å²) >= 11 is 0. The molecule has 0 saturated carbocycles. The van der Waals surface area contributed by atoms with Gasteiger partial charge in [-0.25, -0.2) is 18.4 Å². The van der Waals surface area contributed by atoms with Crippen LogP contribution in [0.2, 0.25) is 0 Å². The van der Waals surface area contributed by atoms with Crippen molar-refractivity contribution >= 4 is 17.4 Å². The fourth-order valence-electron chi connectivity index (χ4n) is 3.78. The average molecular weight is 412 g/mol. The Hall–Kier alpha value is -3.16. The van der Waals surface area contributed by atoms with Crippen molar-refractivity contribution in [2.24, 2.45) is 0 Å². The van der Waals surface area contributed by atoms with E-state index in [2.05, 4.69) is 10.4 Å². The second kappa shape index (κ2) is 6.68. The van der Waals surface area contributed by atoms with Crippen molar-refractivity contribution in [3.63, 3.8) is 0 Å². The van der Waals surface area contributed by atoms with Gasteiger partial charge < -0.3 is 10.1 Å². The molecule has 0 radical (unpaired) electrons. The van der Waals surface area contributed by atoms with Gasteiger partial charge in [0.25, 0.3) is 0 Å². The van der Waals surface area contributed by atoms with Gasteiger partial charge in [0, 0.05) is 23.9 Å². The van der Waals surface area contributed by atoms with Crippen LogP contribution >= 0.6 is 0 Å². The highest BCUT2D eigenvalue weighted by molar-refractivity contribution is 5.72. The first-order chi connectivity index (χ1) is 14.0. The van der Waals surface area contributed by atoms with Crippen LogP contribution < -0.4 is 11.0 Å². The third-order valence-electron chi connectivity index (χ3n) is 5.10. The minimum atomic E-state index is -0.818. The number of hydrogen-bond acceptors (Lipinski definition) is 5. The maximum Gasteiger partial charge on any atom is 0.439 e. The molecule has 8 heteroatoms. The van der Waals surface area contributed by atoms with Crippen LogP contribution in [0, 0.1) is 5.82 Å². The molecule has 0 spiro atoms. The lowest BCUT2D eigenvalue weighted by Gasteiger charge is -2.19. The number of pyridine rings is 1. The summed E-state index contributed by atoms with van der Waals surface area (Å²) in [7, 11) is 0. The number of nitrogens with zero attached hydrogens (tertiary/aromatic N) is 3. The first kappa shape index (κ1) is 20.1. The van der Waals surface area contributed by atoms with Gasteiger partial charge in [0.15, 0.2) is 5.65 Å². The zero-order valence-electron chi connectivity index (χ0n) is 17.7. The van der Waals surface area contributed by atoms with Crippen molar-refractivity contribution in [1.82, 2.24) is 14.2 Å². The third kappa shape index (κ3) is 3.46. The molecule has 7 nitrogen and oxygen atoms in total. The van der Waals surface area contributed by atoms with E-state index in [1.165, 1.54) is 16.5 Å². The molecule has 3 heterocycles. The van der Waals surface area contributed by atoms with Crippen LogP contribution in [0.15, 0.2) is 35.1 Å². The van der Waals surface area contributed by atoms with Gasteiger partial charge in [-0.2, -0.15) is 0 Å². The fraction of sp³-hybridized carbons (Fsp3) is 0.409. The molecular weight excluding hydrogens is 387 g/mol. The van der Waals surface area contributed by atoms with E-state index in [0.717, 1.165) is 27.2 Å². The average Bonchev–Trinajstić information content (AvgIpc) is 3.13. The molecule has 0 bridgehead atoms. The van der Waals surface area contributed by atoms with E-state index in [9.17, 15) is 14.0 Å². The molecule has 0 atom stereocenters. The lowest BCUT2D eigenvalue weighted by Crippen LogP contribution is -2.35. The molecule has 1 aromatic carbocycles. The zero-order chi connectivity index (χ0) is 21.8. The normalized spacial score (nSPS) is 15.1. The number of rotatable bonds is 2. The van der Waals surface area contributed by atoms with Crippen LogP contribution in [0.1, 0.15) is 51.4 Å². The highest BCUT2D eigenvalue weighted by Crippen LogP contribution is 2.37. The van der Waals surface area contributed by atoms with E-state index >= 15 is 0 Å². The second-order valence-corrected chi connectivity index (χ2v) is 9.31. The van der Waals surface area contributed by atoms with Crippen molar-refractivity contribution in [2.75, 3.05) is 11.9 Å². The molecule has 0 fully saturated rings. The zero-order valence-corrected chi connectivity index (χ0v) is 17.7. The number of carbonyl (C=O) groups excluding carboxylic acids is 1. The number of halogens is 1. The van der Waals surface area contributed by atoms with Gasteiger partial charge in [0.1, 0.15) is 11.4 Å². The standard InChI is InChI=1S/C22H25FN4O3/c1-21(2,3)30-20(29)27-19(28)26-17-16(24-12-22(17,4)5)11-14(18(26)25-27)10-13-6-8-15(23)9-7-13/h6-9,11,24H,10,12H2,1-5H3. The van der Waals surface area contributed by atoms with E-state index in [1.807, 2.05) is 19.9 Å². The summed E-state index contributed by atoms with van der Waals surface area (Å²) in [6.45, 7) is 9.91. The number of hydrogen-bond donors (Lipinski definition) is 1. The fourth-order valence-corrected chi connectivity index (χ4v) is 3.78. The SMILES string of the molecule is CC(C)(C)OC(=O)n1nc2c(Cc3ccc(F)cc3)cc3c(n2c1=O)C(C)(C)CN3. The van der Waals surface area contributed by atoms with E-state index < -0.39 is 17.4 Å². The molecule has 1 aliphatic rings. The van der Waals surface area contributed by atoms with Crippen LogP contribution in [0.5, 0.6) is 0 Å². The minimum Gasteiger partial charge on any atom is -0.442 e. The van der Waals surface area contributed by atoms with Crippen LogP contribution in [0.25, 0.3) is 5.65 Å². The molecule has 4 rings (SSSR count). The summed E-state index contributed by atoms with van der Waals surface area (Å²) in [5.74, 6) is -0.313. The Morgan fingerprint density at radius 1 is 1.27 bits per heavy atom. The van der Waals surface area contributed by atoms with Crippen molar-refractivity contribution in [2.45, 2.75) is 52.1 Å². The predicted octanol–water partition coefficient (Wildman–Crippen LogP) is 3.71. The Balaban J connectivity index is 1.92. The van der Waals surface area contributed by atoms with Crippen LogP contribution in [0.4, 0.5) is 14.9 Å². The van der Waals surface area contributed by atoms with Gasteiger partial charge >= 0.3 is 11.8 Å². The van der Waals surface area contributed by atoms with Crippen molar-refractivity contribution in [3.05, 3.63) is 63.5 Å². The van der Waals surface area contributed by atoms with Crippen LogP contribution in [0.3, 0.4) is 0 Å². The Bertz CT molecular complexity index is 1200. The molecule has 3 aromatic rings. The lowest BCUT2D eigenvalue weighted by atomic mass is 9.90. The van der Waals surface area contributed by atoms with Gasteiger partial charge in [-0.05, 0) is 44.5 Å². The number of anilines is 1. The Morgan fingerprint density at radius 3 is 2.57 bits per heavy atom. The molecular formula is C22H25FN4O3. The van der Waals surface area contributed by atoms with Crippen molar-refractivity contribution in [3.8, 4) is 0 Å². The molecule has 0 unspecified atom stereocenters.